The van der Waals surface area contributed by atoms with Gasteiger partial charge in [0.2, 0.25) is 0 Å². The standard InChI is InChI=1S/C16H17N3O5S2/c1-8-12(14(21)24-4)26-16(17-8)19-15(25)18-13(20)9-5-6-10(22-2)11(7-9)23-3/h5-7H,1-4H3,(H2,17,18,19,20,25). The lowest BCUT2D eigenvalue weighted by Crippen LogP contribution is -2.34. The van der Waals surface area contributed by atoms with Crippen LogP contribution in [0.5, 0.6) is 11.5 Å². The van der Waals surface area contributed by atoms with E-state index < -0.39 is 11.9 Å². The molecule has 0 bridgehead atoms. The minimum absolute atomic E-state index is 0.0509. The SMILES string of the molecule is COC(=O)c1sc(NC(=S)NC(=O)c2ccc(OC)c(OC)c2)nc1C. The van der Waals surface area contributed by atoms with Crippen LogP contribution in [0.2, 0.25) is 0 Å². The van der Waals surface area contributed by atoms with Crippen molar-refractivity contribution in [2.24, 2.45) is 0 Å². The molecular formula is C16H17N3O5S2. The molecule has 0 aliphatic carbocycles. The molecule has 138 valence electrons. The highest BCUT2D eigenvalue weighted by Crippen LogP contribution is 2.27. The van der Waals surface area contributed by atoms with Crippen molar-refractivity contribution < 1.29 is 23.8 Å². The Morgan fingerprint density at radius 1 is 1.15 bits per heavy atom. The average Bonchev–Trinajstić information content (AvgIpc) is 3.00. The third-order valence-corrected chi connectivity index (χ3v) is 4.52. The number of amides is 1. The van der Waals surface area contributed by atoms with E-state index in [4.69, 9.17) is 21.7 Å². The van der Waals surface area contributed by atoms with Crippen molar-refractivity contribution in [3.8, 4) is 11.5 Å². The predicted molar refractivity (Wildman–Crippen MR) is 101 cm³/mol. The minimum atomic E-state index is -0.478. The fourth-order valence-corrected chi connectivity index (χ4v) is 3.16. The van der Waals surface area contributed by atoms with Gasteiger partial charge in [-0.2, -0.15) is 0 Å². The smallest absolute Gasteiger partial charge is 0.350 e. The third-order valence-electron chi connectivity index (χ3n) is 3.26. The Hall–Kier alpha value is -2.72. The molecule has 1 heterocycles. The molecule has 0 aliphatic heterocycles. The minimum Gasteiger partial charge on any atom is -0.493 e. The maximum Gasteiger partial charge on any atom is 0.350 e. The molecule has 0 unspecified atom stereocenters. The van der Waals surface area contributed by atoms with E-state index in [-0.39, 0.29) is 5.11 Å². The molecular weight excluding hydrogens is 378 g/mol. The number of methoxy groups -OCH3 is 3. The fraction of sp³-hybridized carbons (Fsp3) is 0.250. The zero-order valence-electron chi connectivity index (χ0n) is 14.5. The summed E-state index contributed by atoms with van der Waals surface area (Å²) in [5.74, 6) is 0.0360. The lowest BCUT2D eigenvalue weighted by atomic mass is 10.2. The molecule has 2 aromatic rings. The van der Waals surface area contributed by atoms with Crippen LogP contribution < -0.4 is 20.1 Å². The monoisotopic (exact) mass is 395 g/mol. The molecule has 1 aromatic heterocycles. The number of nitrogens with zero attached hydrogens (tertiary/aromatic N) is 1. The molecule has 0 radical (unpaired) electrons. The van der Waals surface area contributed by atoms with Crippen LogP contribution in [0.25, 0.3) is 0 Å². The lowest BCUT2D eigenvalue weighted by molar-refractivity contribution is 0.0605. The van der Waals surface area contributed by atoms with Gasteiger partial charge in [-0.15, -0.1) is 0 Å². The molecule has 0 saturated heterocycles. The van der Waals surface area contributed by atoms with Gasteiger partial charge in [0.15, 0.2) is 21.7 Å². The number of thiocarbonyl (C=S) groups is 1. The first-order chi connectivity index (χ1) is 12.4. The van der Waals surface area contributed by atoms with Crippen molar-refractivity contribution in [1.29, 1.82) is 0 Å². The number of hydrogen-bond acceptors (Lipinski definition) is 8. The topological polar surface area (TPSA) is 98.8 Å². The maximum absolute atomic E-state index is 12.3. The van der Waals surface area contributed by atoms with Gasteiger partial charge >= 0.3 is 5.97 Å². The fourth-order valence-electron chi connectivity index (χ4n) is 2.01. The molecule has 8 nitrogen and oxygen atoms in total. The summed E-state index contributed by atoms with van der Waals surface area (Å²) in [4.78, 5) is 28.5. The maximum atomic E-state index is 12.3. The van der Waals surface area contributed by atoms with Gasteiger partial charge in [0.25, 0.3) is 5.91 Å². The van der Waals surface area contributed by atoms with Crippen LogP contribution in [0.3, 0.4) is 0 Å². The van der Waals surface area contributed by atoms with Crippen LogP contribution in [0.15, 0.2) is 18.2 Å². The van der Waals surface area contributed by atoms with Crippen molar-refractivity contribution in [3.63, 3.8) is 0 Å². The van der Waals surface area contributed by atoms with Crippen LogP contribution in [0.1, 0.15) is 25.7 Å². The van der Waals surface area contributed by atoms with Crippen molar-refractivity contribution in [3.05, 3.63) is 34.3 Å². The normalized spacial score (nSPS) is 10.0. The van der Waals surface area contributed by atoms with Crippen LogP contribution in [-0.2, 0) is 4.74 Å². The first-order valence-electron chi connectivity index (χ1n) is 7.29. The second-order valence-corrected chi connectivity index (χ2v) is 6.31. The van der Waals surface area contributed by atoms with E-state index >= 15 is 0 Å². The van der Waals surface area contributed by atoms with Crippen LogP contribution >= 0.6 is 23.6 Å². The van der Waals surface area contributed by atoms with E-state index in [0.29, 0.717) is 32.8 Å². The first kappa shape index (κ1) is 19.6. The Balaban J connectivity index is 2.06. The number of esters is 1. The summed E-state index contributed by atoms with van der Waals surface area (Å²) in [7, 11) is 4.28. The van der Waals surface area contributed by atoms with Gasteiger partial charge in [-0.1, -0.05) is 11.3 Å². The zero-order valence-corrected chi connectivity index (χ0v) is 16.2. The van der Waals surface area contributed by atoms with Crippen molar-refractivity contribution >= 4 is 45.7 Å². The second-order valence-electron chi connectivity index (χ2n) is 4.90. The zero-order chi connectivity index (χ0) is 19.3. The summed E-state index contributed by atoms with van der Waals surface area (Å²) < 4.78 is 15.0. The molecule has 0 fully saturated rings. The number of aromatic nitrogens is 1. The summed E-state index contributed by atoms with van der Waals surface area (Å²) in [6, 6.07) is 4.75. The van der Waals surface area contributed by atoms with Gasteiger partial charge in [0.05, 0.1) is 27.0 Å². The quantitative estimate of drug-likeness (QED) is 0.588. The van der Waals surface area contributed by atoms with E-state index in [1.807, 2.05) is 0 Å². The highest BCUT2D eigenvalue weighted by molar-refractivity contribution is 7.80. The van der Waals surface area contributed by atoms with Gasteiger partial charge < -0.3 is 19.5 Å². The first-order valence-corrected chi connectivity index (χ1v) is 8.52. The van der Waals surface area contributed by atoms with Crippen molar-refractivity contribution in [1.82, 2.24) is 10.3 Å². The van der Waals surface area contributed by atoms with Gasteiger partial charge in [0, 0.05) is 5.56 Å². The Morgan fingerprint density at radius 3 is 2.46 bits per heavy atom. The molecule has 1 amide bonds. The molecule has 0 aliphatic rings. The third kappa shape index (κ3) is 4.46. The number of thiazole rings is 1. The molecule has 0 spiro atoms. The molecule has 0 saturated carbocycles. The van der Waals surface area contributed by atoms with Crippen LogP contribution in [0, 0.1) is 6.92 Å². The van der Waals surface area contributed by atoms with Gasteiger partial charge in [-0.25, -0.2) is 9.78 Å². The predicted octanol–water partition coefficient (Wildman–Crippen LogP) is 2.38. The number of ether oxygens (including phenoxy) is 3. The Morgan fingerprint density at radius 2 is 1.85 bits per heavy atom. The summed E-state index contributed by atoms with van der Waals surface area (Å²) in [6.45, 7) is 1.68. The van der Waals surface area contributed by atoms with Gasteiger partial charge in [-0.3, -0.25) is 10.1 Å². The van der Waals surface area contributed by atoms with E-state index in [1.54, 1.807) is 25.1 Å². The van der Waals surface area contributed by atoms with Gasteiger partial charge in [0.1, 0.15) is 4.88 Å². The Kier molecular flexibility index (Phi) is 6.47. The Labute approximate surface area is 159 Å². The number of nitrogens with one attached hydrogen (secondary N) is 2. The van der Waals surface area contributed by atoms with Crippen molar-refractivity contribution in [2.75, 3.05) is 26.6 Å². The summed E-state index contributed by atoms with van der Waals surface area (Å²) in [5.41, 5.74) is 0.857. The summed E-state index contributed by atoms with van der Waals surface area (Å²) in [6.07, 6.45) is 0. The van der Waals surface area contributed by atoms with E-state index in [9.17, 15) is 9.59 Å². The summed E-state index contributed by atoms with van der Waals surface area (Å²) in [5, 5.41) is 5.74. The Bertz CT molecular complexity index is 850. The molecule has 2 rings (SSSR count). The van der Waals surface area contributed by atoms with Gasteiger partial charge in [-0.05, 0) is 37.3 Å². The summed E-state index contributed by atoms with van der Waals surface area (Å²) >= 11 is 6.20. The highest BCUT2D eigenvalue weighted by atomic mass is 32.1. The molecule has 0 atom stereocenters. The lowest BCUT2D eigenvalue weighted by Gasteiger charge is -2.10. The molecule has 10 heteroatoms. The number of hydrogen-bond donors (Lipinski definition) is 2. The second kappa shape index (κ2) is 8.59. The molecule has 26 heavy (non-hydrogen) atoms. The number of aryl methyl sites for hydroxylation is 1. The number of rotatable bonds is 5. The molecule has 2 N–H and O–H groups in total. The van der Waals surface area contributed by atoms with E-state index in [2.05, 4.69) is 20.4 Å². The highest BCUT2D eigenvalue weighted by Gasteiger charge is 2.17. The van der Waals surface area contributed by atoms with Crippen molar-refractivity contribution in [2.45, 2.75) is 6.92 Å². The number of carbonyl (C=O) groups excluding carboxylic acids is 2. The number of benzene rings is 1. The van der Waals surface area contributed by atoms with E-state index in [0.717, 1.165) is 11.3 Å². The van der Waals surface area contributed by atoms with Crippen LogP contribution in [-0.4, -0.2) is 43.3 Å². The largest absolute Gasteiger partial charge is 0.493 e. The van der Waals surface area contributed by atoms with E-state index in [1.165, 1.54) is 21.3 Å². The van der Waals surface area contributed by atoms with Crippen LogP contribution in [0.4, 0.5) is 5.13 Å². The number of carbonyl (C=O) groups is 2. The number of anilines is 1. The average molecular weight is 395 g/mol. The molecule has 1 aromatic carbocycles.